The summed E-state index contributed by atoms with van der Waals surface area (Å²) in [5.74, 6) is 1.45. The lowest BCUT2D eigenvalue weighted by Crippen LogP contribution is -2.39. The van der Waals surface area contributed by atoms with E-state index in [1.807, 2.05) is 58.9 Å². The van der Waals surface area contributed by atoms with E-state index in [4.69, 9.17) is 6.42 Å². The molecule has 0 aliphatic heterocycles. The number of nitrogens with one attached hydrogen (secondary N) is 1. The van der Waals surface area contributed by atoms with Crippen LogP contribution < -0.4 is 10.9 Å². The maximum atomic E-state index is 13.6. The summed E-state index contributed by atoms with van der Waals surface area (Å²) in [6.07, 6.45) is 9.70. The maximum absolute atomic E-state index is 13.6. The molecule has 3 rings (SSSR count). The van der Waals surface area contributed by atoms with Gasteiger partial charge in [-0.15, -0.1) is 6.42 Å². The summed E-state index contributed by atoms with van der Waals surface area (Å²) in [5, 5.41) is 12.6. The van der Waals surface area contributed by atoms with Crippen molar-refractivity contribution in [2.24, 2.45) is 5.92 Å². The highest BCUT2D eigenvalue weighted by molar-refractivity contribution is 5.82. The van der Waals surface area contributed by atoms with Gasteiger partial charge in [0.15, 0.2) is 0 Å². The molecule has 2 N–H and O–H groups in total. The molecule has 2 aromatic heterocycles. The van der Waals surface area contributed by atoms with E-state index in [0.717, 1.165) is 28.7 Å². The van der Waals surface area contributed by atoms with Gasteiger partial charge in [0.2, 0.25) is 5.91 Å². The van der Waals surface area contributed by atoms with E-state index in [1.165, 1.54) is 16.8 Å². The van der Waals surface area contributed by atoms with E-state index in [-0.39, 0.29) is 12.0 Å². The van der Waals surface area contributed by atoms with Crippen LogP contribution in [-0.4, -0.2) is 26.5 Å². The quantitative estimate of drug-likeness (QED) is 0.366. The molecule has 7 heteroatoms. The first-order valence-corrected chi connectivity index (χ1v) is 12.8. The highest BCUT2D eigenvalue weighted by Gasteiger charge is 2.27. The third kappa shape index (κ3) is 6.77. The first-order chi connectivity index (χ1) is 18.0. The molecule has 0 radical (unpaired) electrons. The van der Waals surface area contributed by atoms with Crippen LogP contribution in [0.3, 0.4) is 0 Å². The number of carbonyl (C=O) groups excluding carboxylic acids is 1. The molecule has 1 aromatic carbocycles. The molecular formula is C31H35N3O4. The van der Waals surface area contributed by atoms with Gasteiger partial charge >= 0.3 is 5.97 Å². The van der Waals surface area contributed by atoms with Crippen LogP contribution in [0.15, 0.2) is 53.6 Å². The Hall–Kier alpha value is -4.18. The molecule has 0 fully saturated rings. The predicted molar refractivity (Wildman–Crippen MR) is 149 cm³/mol. The number of nitrogens with zero attached hydrogens (tertiary/aromatic N) is 2. The smallest absolute Gasteiger partial charge is 0.305 e. The number of pyridine rings is 2. The molecule has 3 aromatic rings. The lowest BCUT2D eigenvalue weighted by Gasteiger charge is -2.25. The van der Waals surface area contributed by atoms with Crippen molar-refractivity contribution in [3.8, 4) is 23.5 Å². The minimum absolute atomic E-state index is 0.277. The Kier molecular flexibility index (Phi) is 9.25. The van der Waals surface area contributed by atoms with Gasteiger partial charge in [0.05, 0.1) is 12.5 Å². The zero-order valence-corrected chi connectivity index (χ0v) is 22.6. The molecule has 0 aliphatic rings. The summed E-state index contributed by atoms with van der Waals surface area (Å²) in [4.78, 5) is 42.7. The topological polar surface area (TPSA) is 101 Å². The van der Waals surface area contributed by atoms with Crippen molar-refractivity contribution in [2.45, 2.75) is 66.0 Å². The highest BCUT2D eigenvalue weighted by Crippen LogP contribution is 2.32. The van der Waals surface area contributed by atoms with Crippen LogP contribution in [0.25, 0.3) is 11.1 Å². The van der Waals surface area contributed by atoms with E-state index >= 15 is 0 Å². The van der Waals surface area contributed by atoms with E-state index in [2.05, 4.69) is 16.2 Å². The van der Waals surface area contributed by atoms with Crippen molar-refractivity contribution in [3.63, 3.8) is 0 Å². The first kappa shape index (κ1) is 28.4. The number of carbonyl (C=O) groups is 2. The lowest BCUT2D eigenvalue weighted by atomic mass is 9.92. The van der Waals surface area contributed by atoms with Gasteiger partial charge in [-0.05, 0) is 85.4 Å². The van der Waals surface area contributed by atoms with Crippen molar-refractivity contribution >= 4 is 11.9 Å². The van der Waals surface area contributed by atoms with Gasteiger partial charge in [0, 0.05) is 24.0 Å². The average molecular weight is 514 g/mol. The predicted octanol–water partition coefficient (Wildman–Crippen LogP) is 5.13. The second-order valence-electron chi connectivity index (χ2n) is 10.2. The molecular weight excluding hydrogens is 478 g/mol. The fourth-order valence-electron chi connectivity index (χ4n) is 4.65. The van der Waals surface area contributed by atoms with Crippen LogP contribution >= 0.6 is 0 Å². The number of hydrogen-bond acceptors (Lipinski definition) is 4. The summed E-state index contributed by atoms with van der Waals surface area (Å²) in [6.45, 7) is 9.87. The number of aryl methyl sites for hydroxylation is 3. The van der Waals surface area contributed by atoms with Gasteiger partial charge in [-0.2, -0.15) is 0 Å². The average Bonchev–Trinajstić information content (AvgIpc) is 2.84. The molecule has 0 saturated carbocycles. The number of hydrogen-bond donors (Lipinski definition) is 2. The van der Waals surface area contributed by atoms with Crippen LogP contribution in [0.5, 0.6) is 0 Å². The number of aliphatic carboxylic acids is 1. The molecule has 1 amide bonds. The molecule has 7 nitrogen and oxygen atoms in total. The third-order valence-electron chi connectivity index (χ3n) is 6.65. The number of rotatable bonds is 10. The Bertz CT molecular complexity index is 1410. The molecule has 0 unspecified atom stereocenters. The third-order valence-corrected chi connectivity index (χ3v) is 6.65. The number of benzene rings is 1. The Balaban J connectivity index is 2.05. The number of amides is 1. The summed E-state index contributed by atoms with van der Waals surface area (Å²) < 4.78 is 1.42. The fourth-order valence-corrected chi connectivity index (χ4v) is 4.65. The highest BCUT2D eigenvalue weighted by atomic mass is 16.4. The fraction of sp³-hybridized carbons (Fsp3) is 0.355. The molecule has 38 heavy (non-hydrogen) atoms. The maximum Gasteiger partial charge on any atom is 0.305 e. The number of carboxylic acid groups (broad SMARTS) is 1. The molecule has 198 valence electrons. The van der Waals surface area contributed by atoms with Crippen molar-refractivity contribution in [2.75, 3.05) is 0 Å². The number of aromatic nitrogens is 2. The summed E-state index contributed by atoms with van der Waals surface area (Å²) in [6, 6.07) is 9.34. The Morgan fingerprint density at radius 3 is 2.37 bits per heavy atom. The van der Waals surface area contributed by atoms with Crippen LogP contribution in [0, 0.1) is 39.0 Å². The minimum atomic E-state index is -1.07. The van der Waals surface area contributed by atoms with E-state index in [9.17, 15) is 19.5 Å². The largest absolute Gasteiger partial charge is 0.481 e. The standard InChI is InChI=1S/C31H35N3O4/c1-7-25-24(30-21(5)9-8-10-22(30)6)16-23(18-32-25)26(17-29(36)37)33-31(38)27(12-11-19(2)3)34-14-13-20(4)15-28(34)35/h1,8-10,13-16,18-19,26-27H,11-12,17H2,2-6H3,(H,33,38)(H,36,37)/t26-,27+/m0/s1. The zero-order valence-electron chi connectivity index (χ0n) is 22.6. The number of carboxylic acids is 1. The van der Waals surface area contributed by atoms with Gasteiger partial charge < -0.3 is 15.0 Å². The van der Waals surface area contributed by atoms with E-state index in [0.29, 0.717) is 29.2 Å². The van der Waals surface area contributed by atoms with Crippen molar-refractivity contribution in [3.05, 3.63) is 87.1 Å². The zero-order chi connectivity index (χ0) is 28.0. The van der Waals surface area contributed by atoms with Crippen LogP contribution in [0.1, 0.15) is 73.1 Å². The van der Waals surface area contributed by atoms with Gasteiger partial charge in [-0.1, -0.05) is 32.0 Å². The van der Waals surface area contributed by atoms with Crippen molar-refractivity contribution in [1.29, 1.82) is 0 Å². The minimum Gasteiger partial charge on any atom is -0.481 e. The molecule has 0 spiro atoms. The SMILES string of the molecule is C#Cc1ncc([C@H](CC(=O)O)NC(=O)[C@@H](CCC(C)C)n2ccc(C)cc2=O)cc1-c1c(C)cccc1C. The molecule has 2 heterocycles. The Morgan fingerprint density at radius 1 is 1.11 bits per heavy atom. The van der Waals surface area contributed by atoms with Gasteiger partial charge in [0.25, 0.3) is 5.56 Å². The molecule has 0 bridgehead atoms. The molecule has 2 atom stereocenters. The van der Waals surface area contributed by atoms with Crippen molar-refractivity contribution in [1.82, 2.24) is 14.9 Å². The summed E-state index contributed by atoms with van der Waals surface area (Å²) in [7, 11) is 0. The van der Waals surface area contributed by atoms with Crippen LogP contribution in [0.4, 0.5) is 0 Å². The van der Waals surface area contributed by atoms with Crippen LogP contribution in [-0.2, 0) is 9.59 Å². The normalized spacial score (nSPS) is 12.6. The second-order valence-corrected chi connectivity index (χ2v) is 10.2. The summed E-state index contributed by atoms with van der Waals surface area (Å²) >= 11 is 0. The van der Waals surface area contributed by atoms with Crippen LogP contribution in [0.2, 0.25) is 0 Å². The Morgan fingerprint density at radius 2 is 1.79 bits per heavy atom. The van der Waals surface area contributed by atoms with Gasteiger partial charge in [-0.3, -0.25) is 14.4 Å². The van der Waals surface area contributed by atoms with Crippen molar-refractivity contribution < 1.29 is 14.7 Å². The number of terminal acetylenes is 1. The van der Waals surface area contributed by atoms with E-state index < -0.39 is 24.0 Å². The first-order valence-electron chi connectivity index (χ1n) is 12.8. The van der Waals surface area contributed by atoms with E-state index in [1.54, 1.807) is 12.3 Å². The second kappa shape index (κ2) is 12.4. The van der Waals surface area contributed by atoms with Gasteiger partial charge in [0.1, 0.15) is 11.7 Å². The lowest BCUT2D eigenvalue weighted by molar-refractivity contribution is -0.138. The Labute approximate surface area is 223 Å². The molecule has 0 aliphatic carbocycles. The monoisotopic (exact) mass is 513 g/mol. The summed E-state index contributed by atoms with van der Waals surface area (Å²) in [5.41, 5.74) is 5.13. The van der Waals surface area contributed by atoms with Gasteiger partial charge in [-0.25, -0.2) is 4.98 Å². The molecule has 0 saturated heterocycles.